The van der Waals surface area contributed by atoms with Crippen molar-refractivity contribution in [3.63, 3.8) is 0 Å². The van der Waals surface area contributed by atoms with E-state index < -0.39 is 5.60 Å². The first-order valence-electron chi connectivity index (χ1n) is 6.25. The van der Waals surface area contributed by atoms with Crippen molar-refractivity contribution in [1.29, 1.82) is 0 Å². The number of aryl methyl sites for hydroxylation is 2. The lowest BCUT2D eigenvalue weighted by Crippen LogP contribution is -2.30. The van der Waals surface area contributed by atoms with Gasteiger partial charge in [0.15, 0.2) is 0 Å². The Balaban J connectivity index is 2.07. The zero-order valence-electron chi connectivity index (χ0n) is 11.4. The van der Waals surface area contributed by atoms with Gasteiger partial charge in [0.05, 0.1) is 16.3 Å². The summed E-state index contributed by atoms with van der Waals surface area (Å²) in [6.07, 6.45) is 1.18. The van der Waals surface area contributed by atoms with E-state index in [4.69, 9.17) is 11.6 Å². The van der Waals surface area contributed by atoms with Gasteiger partial charge in [-0.05, 0) is 38.5 Å². The van der Waals surface area contributed by atoms with Gasteiger partial charge in [0.2, 0.25) is 0 Å². The smallest absolute Gasteiger partial charge is 0.0959 e. The largest absolute Gasteiger partial charge is 0.389 e. The minimum atomic E-state index is -0.787. The highest BCUT2D eigenvalue weighted by Crippen LogP contribution is 2.24. The molecular weight excluding hydrogens is 278 g/mol. The quantitative estimate of drug-likeness (QED) is 0.926. The van der Waals surface area contributed by atoms with Gasteiger partial charge in [-0.2, -0.15) is 0 Å². The van der Waals surface area contributed by atoms with Crippen LogP contribution in [0.15, 0.2) is 24.3 Å². The number of nitrogens with zero attached hydrogens (tertiary/aromatic N) is 1. The van der Waals surface area contributed by atoms with E-state index in [1.165, 1.54) is 4.88 Å². The highest BCUT2D eigenvalue weighted by molar-refractivity contribution is 7.11. The van der Waals surface area contributed by atoms with Gasteiger partial charge in [-0.3, -0.25) is 0 Å². The summed E-state index contributed by atoms with van der Waals surface area (Å²) in [5.74, 6) is 0. The second kappa shape index (κ2) is 5.61. The molecule has 0 spiro atoms. The standard InChI is InChI=1S/C15H18ClNOS/c1-10-11(2)19-14(17-10)9-15(3,18)8-12-4-6-13(16)7-5-12/h4-7,18H,8-9H2,1-3H3. The average molecular weight is 296 g/mol. The minimum Gasteiger partial charge on any atom is -0.389 e. The van der Waals surface area contributed by atoms with Gasteiger partial charge in [-0.25, -0.2) is 4.98 Å². The SMILES string of the molecule is Cc1nc(CC(C)(O)Cc2ccc(Cl)cc2)sc1C. The maximum Gasteiger partial charge on any atom is 0.0959 e. The summed E-state index contributed by atoms with van der Waals surface area (Å²) in [5.41, 5.74) is 1.35. The fraction of sp³-hybridized carbons (Fsp3) is 0.400. The molecule has 1 heterocycles. The first-order chi connectivity index (χ1) is 8.85. The lowest BCUT2D eigenvalue weighted by molar-refractivity contribution is 0.0607. The Morgan fingerprint density at radius 3 is 2.37 bits per heavy atom. The van der Waals surface area contributed by atoms with Crippen LogP contribution in [0.5, 0.6) is 0 Å². The van der Waals surface area contributed by atoms with Crippen molar-refractivity contribution in [1.82, 2.24) is 4.98 Å². The fourth-order valence-corrected chi connectivity index (χ4v) is 3.28. The summed E-state index contributed by atoms with van der Waals surface area (Å²) < 4.78 is 0. The lowest BCUT2D eigenvalue weighted by atomic mass is 9.93. The molecule has 1 atom stereocenters. The molecule has 2 nitrogen and oxygen atoms in total. The molecule has 4 heteroatoms. The van der Waals surface area contributed by atoms with Crippen LogP contribution in [-0.4, -0.2) is 15.7 Å². The number of aliphatic hydroxyl groups is 1. The summed E-state index contributed by atoms with van der Waals surface area (Å²) in [5, 5.41) is 12.2. The fourth-order valence-electron chi connectivity index (χ4n) is 2.05. The molecule has 102 valence electrons. The first kappa shape index (κ1) is 14.5. The molecule has 0 saturated carbocycles. The summed E-state index contributed by atoms with van der Waals surface area (Å²) in [7, 11) is 0. The van der Waals surface area contributed by atoms with Crippen LogP contribution in [0, 0.1) is 13.8 Å². The molecule has 2 rings (SSSR count). The molecule has 0 saturated heterocycles. The lowest BCUT2D eigenvalue weighted by Gasteiger charge is -2.22. The Labute approximate surface area is 123 Å². The van der Waals surface area contributed by atoms with Crippen LogP contribution in [0.2, 0.25) is 5.02 Å². The maximum absolute atomic E-state index is 10.5. The molecule has 0 radical (unpaired) electrons. The monoisotopic (exact) mass is 295 g/mol. The molecule has 1 aromatic carbocycles. The normalized spacial score (nSPS) is 14.4. The molecule has 1 N–H and O–H groups in total. The van der Waals surface area contributed by atoms with Crippen LogP contribution in [0.4, 0.5) is 0 Å². The van der Waals surface area contributed by atoms with E-state index in [9.17, 15) is 5.11 Å². The van der Waals surface area contributed by atoms with Crippen molar-refractivity contribution in [2.75, 3.05) is 0 Å². The van der Waals surface area contributed by atoms with Crippen molar-refractivity contribution < 1.29 is 5.11 Å². The van der Waals surface area contributed by atoms with E-state index in [-0.39, 0.29) is 0 Å². The highest BCUT2D eigenvalue weighted by Gasteiger charge is 2.23. The summed E-state index contributed by atoms with van der Waals surface area (Å²) >= 11 is 7.52. The predicted octanol–water partition coefficient (Wildman–Crippen LogP) is 3.95. The molecule has 0 aliphatic rings. The van der Waals surface area contributed by atoms with Crippen LogP contribution in [-0.2, 0) is 12.8 Å². The van der Waals surface area contributed by atoms with E-state index in [0.717, 1.165) is 21.3 Å². The van der Waals surface area contributed by atoms with Gasteiger partial charge in [0, 0.05) is 22.7 Å². The topological polar surface area (TPSA) is 33.1 Å². The van der Waals surface area contributed by atoms with E-state index in [1.54, 1.807) is 11.3 Å². The van der Waals surface area contributed by atoms with Crippen LogP contribution in [0.25, 0.3) is 0 Å². The van der Waals surface area contributed by atoms with Gasteiger partial charge in [-0.1, -0.05) is 23.7 Å². The molecule has 19 heavy (non-hydrogen) atoms. The van der Waals surface area contributed by atoms with E-state index in [0.29, 0.717) is 12.8 Å². The van der Waals surface area contributed by atoms with Crippen LogP contribution in [0.1, 0.15) is 28.1 Å². The number of benzene rings is 1. The first-order valence-corrected chi connectivity index (χ1v) is 7.45. The van der Waals surface area contributed by atoms with Gasteiger partial charge in [0.1, 0.15) is 0 Å². The van der Waals surface area contributed by atoms with Crippen molar-refractivity contribution >= 4 is 22.9 Å². The van der Waals surface area contributed by atoms with Crippen molar-refractivity contribution in [3.8, 4) is 0 Å². The van der Waals surface area contributed by atoms with E-state index in [1.807, 2.05) is 38.1 Å². The number of thiazole rings is 1. The zero-order chi connectivity index (χ0) is 14.0. The molecular formula is C15H18ClNOS. The van der Waals surface area contributed by atoms with Crippen LogP contribution >= 0.6 is 22.9 Å². The van der Waals surface area contributed by atoms with Gasteiger partial charge in [0.25, 0.3) is 0 Å². The Hall–Kier alpha value is -0.900. The second-order valence-corrected chi connectivity index (χ2v) is 6.95. The molecule has 0 aliphatic heterocycles. The third-order valence-electron chi connectivity index (χ3n) is 3.10. The number of aromatic nitrogens is 1. The average Bonchev–Trinajstić information content (AvgIpc) is 2.60. The van der Waals surface area contributed by atoms with Crippen LogP contribution < -0.4 is 0 Å². The third kappa shape index (κ3) is 4.03. The Bertz CT molecular complexity index is 541. The number of halogens is 1. The molecule has 2 aromatic rings. The molecule has 0 bridgehead atoms. The van der Waals surface area contributed by atoms with Gasteiger partial charge < -0.3 is 5.11 Å². The minimum absolute atomic E-state index is 0.578. The van der Waals surface area contributed by atoms with Crippen molar-refractivity contribution in [3.05, 3.63) is 50.4 Å². The molecule has 1 unspecified atom stereocenters. The third-order valence-corrected chi connectivity index (χ3v) is 4.43. The number of hydrogen-bond acceptors (Lipinski definition) is 3. The second-order valence-electron chi connectivity index (χ2n) is 5.23. The Kier molecular flexibility index (Phi) is 4.29. The predicted molar refractivity (Wildman–Crippen MR) is 81.1 cm³/mol. The van der Waals surface area contributed by atoms with Crippen molar-refractivity contribution in [2.45, 2.75) is 39.2 Å². The Morgan fingerprint density at radius 1 is 1.21 bits per heavy atom. The van der Waals surface area contributed by atoms with Gasteiger partial charge >= 0.3 is 0 Å². The maximum atomic E-state index is 10.5. The number of hydrogen-bond donors (Lipinski definition) is 1. The van der Waals surface area contributed by atoms with E-state index >= 15 is 0 Å². The summed E-state index contributed by atoms with van der Waals surface area (Å²) in [4.78, 5) is 5.71. The zero-order valence-corrected chi connectivity index (χ0v) is 13.0. The Morgan fingerprint density at radius 2 is 1.84 bits per heavy atom. The molecule has 0 fully saturated rings. The highest BCUT2D eigenvalue weighted by atomic mass is 35.5. The number of rotatable bonds is 4. The van der Waals surface area contributed by atoms with Crippen LogP contribution in [0.3, 0.4) is 0 Å². The molecule has 0 aliphatic carbocycles. The van der Waals surface area contributed by atoms with Crippen molar-refractivity contribution in [2.24, 2.45) is 0 Å². The summed E-state index contributed by atoms with van der Waals surface area (Å²) in [6, 6.07) is 7.61. The van der Waals surface area contributed by atoms with E-state index in [2.05, 4.69) is 11.9 Å². The summed E-state index contributed by atoms with van der Waals surface area (Å²) in [6.45, 7) is 5.92. The molecule has 0 amide bonds. The molecule has 1 aromatic heterocycles. The van der Waals surface area contributed by atoms with Gasteiger partial charge in [-0.15, -0.1) is 11.3 Å².